The Labute approximate surface area is 209 Å². The molecule has 37 heavy (non-hydrogen) atoms. The molecule has 0 amide bonds. The fourth-order valence-electron chi connectivity index (χ4n) is 4.98. The summed E-state index contributed by atoms with van der Waals surface area (Å²) in [6.07, 6.45) is -15.3. The second-order valence-electron chi connectivity index (χ2n) is 9.28. The molecule has 2 aliphatic heterocycles. The topological polar surface area (TPSA) is 198 Å². The average Bonchev–Trinajstić information content (AvgIpc) is 2.89. The normalized spacial score (nSPS) is 47.2. The maximum Gasteiger partial charge on any atom is 0.186 e. The minimum atomic E-state index is -1.84. The van der Waals surface area contributed by atoms with Gasteiger partial charge in [0.25, 0.3) is 0 Å². The third-order valence-electron chi connectivity index (χ3n) is 7.04. The first-order valence-corrected chi connectivity index (χ1v) is 11.8. The molecule has 1 aliphatic carbocycles. The fraction of sp³-hybridized carbons (Fsp3) is 1.00. The number of aliphatic hydroxyl groups is 5. The van der Waals surface area contributed by atoms with Gasteiger partial charge in [-0.15, -0.1) is 17.9 Å². The molecule has 2 saturated heterocycles. The van der Waals surface area contributed by atoms with E-state index in [-0.39, 0.29) is 12.8 Å². The van der Waals surface area contributed by atoms with Crippen LogP contribution in [0.5, 0.6) is 0 Å². The molecule has 0 radical (unpaired) electrons. The van der Waals surface area contributed by atoms with Gasteiger partial charge in [0.05, 0.1) is 43.4 Å². The number of hydrogen-bond donors (Lipinski definition) is 10. The summed E-state index contributed by atoms with van der Waals surface area (Å²) in [7, 11) is 1.43. The Morgan fingerprint density at radius 1 is 0.757 bits per heavy atom. The van der Waals surface area contributed by atoms with Crippen molar-refractivity contribution in [3.63, 3.8) is 0 Å². The van der Waals surface area contributed by atoms with Gasteiger partial charge in [-0.1, -0.05) is 0 Å². The highest BCUT2D eigenvalue weighted by molar-refractivity contribution is 5.02. The number of nitrogens with one attached hydrogen (secondary N) is 5. The quantitative estimate of drug-likeness (QED) is 0.0878. The zero-order chi connectivity index (χ0) is 27.3. The van der Waals surface area contributed by atoms with Gasteiger partial charge >= 0.3 is 0 Å². The van der Waals surface area contributed by atoms with E-state index in [1.165, 1.54) is 29.2 Å². The van der Waals surface area contributed by atoms with Crippen LogP contribution in [-0.4, -0.2) is 131 Å². The van der Waals surface area contributed by atoms with Gasteiger partial charge in [0.2, 0.25) is 0 Å². The molecule has 218 valence electrons. The molecule has 10 N–H and O–H groups in total. The van der Waals surface area contributed by atoms with E-state index in [0.717, 1.165) is 0 Å². The second kappa shape index (κ2) is 14.0. The zero-order valence-electron chi connectivity index (χ0n) is 19.8. The zero-order valence-corrected chi connectivity index (χ0v) is 19.8. The molecule has 0 aromatic carbocycles. The Morgan fingerprint density at radius 3 is 1.84 bits per heavy atom. The SMILES string of the molecule is CNC1C(O)C(CO)OC(OC2C(NF)CC(NF)C(OC3OC(CNF)C(O)CC3NF)C2O)C1O. The lowest BCUT2D eigenvalue weighted by molar-refractivity contribution is -0.322. The highest BCUT2D eigenvalue weighted by atomic mass is 19.2. The molecular formula is C19H35F4N5O9. The molecule has 14 atom stereocenters. The van der Waals surface area contributed by atoms with Crippen LogP contribution in [-0.2, 0) is 18.9 Å². The summed E-state index contributed by atoms with van der Waals surface area (Å²) < 4.78 is 75.6. The molecule has 3 rings (SSSR count). The van der Waals surface area contributed by atoms with Crippen molar-refractivity contribution in [3.05, 3.63) is 0 Å². The van der Waals surface area contributed by atoms with Crippen LogP contribution in [0.3, 0.4) is 0 Å². The maximum atomic E-state index is 13.7. The molecule has 1 saturated carbocycles. The average molecular weight is 554 g/mol. The number of hydrogen-bond acceptors (Lipinski definition) is 14. The highest BCUT2D eigenvalue weighted by Crippen LogP contribution is 2.32. The molecule has 18 heteroatoms. The summed E-state index contributed by atoms with van der Waals surface area (Å²) in [4.78, 5) is 0. The number of rotatable bonds is 11. The molecule has 14 nitrogen and oxygen atoms in total. The first kappa shape index (κ1) is 30.7. The van der Waals surface area contributed by atoms with Crippen LogP contribution < -0.4 is 27.5 Å². The smallest absolute Gasteiger partial charge is 0.186 e. The predicted octanol–water partition coefficient (Wildman–Crippen LogP) is -3.97. The van der Waals surface area contributed by atoms with Crippen LogP contribution in [0.4, 0.5) is 17.9 Å². The Hall–Kier alpha value is -0.840. The van der Waals surface area contributed by atoms with Crippen molar-refractivity contribution in [1.29, 1.82) is 0 Å². The van der Waals surface area contributed by atoms with Gasteiger partial charge in [-0.2, -0.15) is 22.2 Å². The lowest BCUT2D eigenvalue weighted by Crippen LogP contribution is -2.68. The molecule has 0 aromatic rings. The highest BCUT2D eigenvalue weighted by Gasteiger charge is 2.52. The second-order valence-corrected chi connectivity index (χ2v) is 9.28. The van der Waals surface area contributed by atoms with Crippen molar-refractivity contribution >= 4 is 0 Å². The van der Waals surface area contributed by atoms with Gasteiger partial charge in [0.1, 0.15) is 42.7 Å². The minimum Gasteiger partial charge on any atom is -0.394 e. The van der Waals surface area contributed by atoms with Crippen LogP contribution in [0.15, 0.2) is 0 Å². The van der Waals surface area contributed by atoms with Gasteiger partial charge in [-0.05, 0) is 19.9 Å². The Bertz CT molecular complexity index is 700. The first-order chi connectivity index (χ1) is 17.7. The van der Waals surface area contributed by atoms with Crippen molar-refractivity contribution in [2.45, 2.75) is 98.4 Å². The largest absolute Gasteiger partial charge is 0.394 e. The molecular weight excluding hydrogens is 518 g/mol. The van der Waals surface area contributed by atoms with Crippen molar-refractivity contribution in [2.75, 3.05) is 20.2 Å². The predicted molar refractivity (Wildman–Crippen MR) is 113 cm³/mol. The molecule has 0 bridgehead atoms. The minimum absolute atomic E-state index is 0.281. The summed E-state index contributed by atoms with van der Waals surface area (Å²) in [5.74, 6) is 0. The van der Waals surface area contributed by atoms with E-state index in [4.69, 9.17) is 18.9 Å². The van der Waals surface area contributed by atoms with Crippen LogP contribution >= 0.6 is 0 Å². The summed E-state index contributed by atoms with van der Waals surface area (Å²) >= 11 is 0. The number of likely N-dealkylation sites (N-methyl/N-ethyl adjacent to an activating group) is 1. The van der Waals surface area contributed by atoms with E-state index >= 15 is 0 Å². The van der Waals surface area contributed by atoms with Gasteiger partial charge in [-0.25, -0.2) is 0 Å². The molecule has 14 unspecified atom stereocenters. The van der Waals surface area contributed by atoms with Crippen molar-refractivity contribution in [1.82, 2.24) is 27.5 Å². The van der Waals surface area contributed by atoms with E-state index in [0.29, 0.717) is 0 Å². The maximum absolute atomic E-state index is 13.7. The lowest BCUT2D eigenvalue weighted by atomic mass is 9.84. The van der Waals surface area contributed by atoms with Gasteiger partial charge < -0.3 is 49.8 Å². The van der Waals surface area contributed by atoms with Crippen molar-refractivity contribution in [3.8, 4) is 0 Å². The molecule has 3 fully saturated rings. The Kier molecular flexibility index (Phi) is 11.6. The van der Waals surface area contributed by atoms with Crippen LogP contribution in [0.2, 0.25) is 0 Å². The van der Waals surface area contributed by atoms with Crippen molar-refractivity contribution < 1.29 is 62.4 Å². The summed E-state index contributed by atoms with van der Waals surface area (Å²) in [5, 5.41) is 54.1. The molecule has 2 heterocycles. The Balaban J connectivity index is 1.80. The van der Waals surface area contributed by atoms with E-state index < -0.39 is 98.7 Å². The number of aliphatic hydroxyl groups excluding tert-OH is 5. The summed E-state index contributed by atoms with van der Waals surface area (Å²) in [6, 6.07) is -5.05. The molecule has 0 aromatic heterocycles. The van der Waals surface area contributed by atoms with Gasteiger partial charge in [-0.3, -0.25) is 0 Å². The van der Waals surface area contributed by atoms with E-state index in [1.807, 2.05) is 0 Å². The lowest BCUT2D eigenvalue weighted by Gasteiger charge is -2.48. The first-order valence-electron chi connectivity index (χ1n) is 11.8. The van der Waals surface area contributed by atoms with E-state index in [2.05, 4.69) is 5.32 Å². The van der Waals surface area contributed by atoms with Gasteiger partial charge in [0, 0.05) is 0 Å². The Morgan fingerprint density at radius 2 is 1.32 bits per heavy atom. The van der Waals surface area contributed by atoms with Crippen LogP contribution in [0.1, 0.15) is 12.8 Å². The fourth-order valence-corrected chi connectivity index (χ4v) is 4.98. The third kappa shape index (κ3) is 6.67. The third-order valence-corrected chi connectivity index (χ3v) is 7.04. The van der Waals surface area contributed by atoms with Crippen molar-refractivity contribution in [2.24, 2.45) is 0 Å². The number of halogens is 4. The van der Waals surface area contributed by atoms with E-state index in [1.54, 1.807) is 0 Å². The number of ether oxygens (including phenoxy) is 4. The standard InChI is InChI=1S/C19H35F4N5O9/c1-24-12-13(31)11(5-29)35-19(14(12)32)37-17-7(27-22)2-6(26-21)16(15(17)33)36-18-8(28-23)3-9(30)10(34-18)4-25-20/h6-19,24-33H,2-5H2,1H3. The van der Waals surface area contributed by atoms with Crippen LogP contribution in [0.25, 0.3) is 0 Å². The van der Waals surface area contributed by atoms with Crippen LogP contribution in [0, 0.1) is 0 Å². The van der Waals surface area contributed by atoms with E-state index in [9.17, 15) is 43.5 Å². The van der Waals surface area contributed by atoms with Gasteiger partial charge in [0.15, 0.2) is 12.6 Å². The molecule has 3 aliphatic rings. The summed E-state index contributed by atoms with van der Waals surface area (Å²) in [6.45, 7) is -1.13. The monoisotopic (exact) mass is 553 g/mol. The molecule has 0 spiro atoms. The summed E-state index contributed by atoms with van der Waals surface area (Å²) in [5.41, 5.74) is 5.49.